The van der Waals surface area contributed by atoms with E-state index in [-0.39, 0.29) is 0 Å². The molecule has 0 bridgehead atoms. The number of benzene rings is 1. The van der Waals surface area contributed by atoms with Crippen LogP contribution >= 0.6 is 7.26 Å². The van der Waals surface area contributed by atoms with Crippen molar-refractivity contribution in [2.45, 2.75) is 24.9 Å². The summed E-state index contributed by atoms with van der Waals surface area (Å²) in [6.45, 7) is 4.75. The Morgan fingerprint density at radius 2 is 1.88 bits per heavy atom. The lowest BCUT2D eigenvalue weighted by molar-refractivity contribution is 0.369. The maximum atomic E-state index is 9.67. The van der Waals surface area contributed by atoms with Gasteiger partial charge < -0.3 is 5.11 Å². The highest BCUT2D eigenvalue weighted by atomic mass is 31.2. The van der Waals surface area contributed by atoms with Gasteiger partial charge in [0, 0.05) is 13.7 Å². The zero-order valence-corrected chi connectivity index (χ0v) is 11.0. The van der Waals surface area contributed by atoms with Crippen LogP contribution in [-0.4, -0.2) is 24.1 Å². The van der Waals surface area contributed by atoms with Gasteiger partial charge in [-0.2, -0.15) is 0 Å². The number of hydrogen-bond acceptors (Lipinski definition) is 1. The number of aliphatic hydroxyl groups is 1. The summed E-state index contributed by atoms with van der Waals surface area (Å²) in [5.41, 5.74) is 0.559. The fraction of sp³-hybridized carbons (Fsp3) is 0.429. The van der Waals surface area contributed by atoms with Gasteiger partial charge in [-0.3, -0.25) is 0 Å². The SMILES string of the molecule is C[P+](C)(c1ccccc1)C1C=C(O)CCC1. The fourth-order valence-electron chi connectivity index (χ4n) is 2.39. The van der Waals surface area contributed by atoms with Crippen LogP contribution in [0.5, 0.6) is 0 Å². The molecule has 0 saturated carbocycles. The summed E-state index contributed by atoms with van der Waals surface area (Å²) >= 11 is 0. The second-order valence-corrected chi connectivity index (χ2v) is 9.25. The smallest absolute Gasteiger partial charge is 0.0953 e. The predicted octanol–water partition coefficient (Wildman–Crippen LogP) is 3.58. The third-order valence-electron chi connectivity index (χ3n) is 3.57. The lowest BCUT2D eigenvalue weighted by Crippen LogP contribution is -2.22. The van der Waals surface area contributed by atoms with Gasteiger partial charge in [0.25, 0.3) is 0 Å². The highest BCUT2D eigenvalue weighted by Gasteiger charge is 2.38. The van der Waals surface area contributed by atoms with Gasteiger partial charge >= 0.3 is 0 Å². The van der Waals surface area contributed by atoms with Crippen LogP contribution in [0.4, 0.5) is 0 Å². The standard InChI is InChI=1S/C14H19OP/c1-16(2,13-8-4-3-5-9-13)14-10-6-7-12(15)11-14/h3-5,8-9,11,14H,6-7,10H2,1-2H3/p+1. The van der Waals surface area contributed by atoms with Crippen LogP contribution in [-0.2, 0) is 0 Å². The van der Waals surface area contributed by atoms with Crippen LogP contribution in [0.25, 0.3) is 0 Å². The molecule has 1 aromatic carbocycles. The van der Waals surface area contributed by atoms with Crippen molar-refractivity contribution in [2.75, 3.05) is 13.3 Å². The molecule has 1 nitrogen and oxygen atoms in total. The average molecular weight is 235 g/mol. The Balaban J connectivity index is 2.28. The molecule has 0 amide bonds. The molecule has 0 spiro atoms. The zero-order chi connectivity index (χ0) is 11.6. The van der Waals surface area contributed by atoms with Gasteiger partial charge in [0.2, 0.25) is 0 Å². The first-order valence-electron chi connectivity index (χ1n) is 5.89. The van der Waals surface area contributed by atoms with Gasteiger partial charge in [-0.15, -0.1) is 0 Å². The van der Waals surface area contributed by atoms with Gasteiger partial charge in [0.15, 0.2) is 0 Å². The van der Waals surface area contributed by atoms with Gasteiger partial charge in [-0.1, -0.05) is 18.2 Å². The van der Waals surface area contributed by atoms with Crippen molar-refractivity contribution in [1.29, 1.82) is 0 Å². The van der Waals surface area contributed by atoms with E-state index in [1.54, 1.807) is 0 Å². The Morgan fingerprint density at radius 3 is 2.50 bits per heavy atom. The topological polar surface area (TPSA) is 20.2 Å². The number of aliphatic hydroxyl groups excluding tert-OH is 1. The molecule has 2 heteroatoms. The van der Waals surface area contributed by atoms with E-state index in [4.69, 9.17) is 0 Å². The minimum Gasteiger partial charge on any atom is -0.513 e. The van der Waals surface area contributed by atoms with Crippen LogP contribution in [0.15, 0.2) is 42.2 Å². The van der Waals surface area contributed by atoms with Crippen molar-refractivity contribution in [1.82, 2.24) is 0 Å². The Hall–Kier alpha value is -0.810. The van der Waals surface area contributed by atoms with E-state index in [0.717, 1.165) is 12.8 Å². The highest BCUT2D eigenvalue weighted by molar-refractivity contribution is 7.82. The quantitative estimate of drug-likeness (QED) is 0.777. The summed E-state index contributed by atoms with van der Waals surface area (Å²) in [4.78, 5) is 0. The molecule has 0 radical (unpaired) electrons. The van der Waals surface area contributed by atoms with E-state index in [9.17, 15) is 5.11 Å². The van der Waals surface area contributed by atoms with E-state index in [1.807, 2.05) is 0 Å². The lowest BCUT2D eigenvalue weighted by Gasteiger charge is -2.28. The Labute approximate surface area is 98.5 Å². The van der Waals surface area contributed by atoms with E-state index >= 15 is 0 Å². The molecule has 2 rings (SSSR count). The molecule has 0 aliphatic heterocycles. The normalized spacial score (nSPS) is 21.6. The van der Waals surface area contributed by atoms with E-state index in [0.29, 0.717) is 11.4 Å². The van der Waals surface area contributed by atoms with Gasteiger partial charge in [-0.25, -0.2) is 0 Å². The third kappa shape index (κ3) is 2.30. The molecule has 86 valence electrons. The van der Waals surface area contributed by atoms with Crippen LogP contribution in [0, 0.1) is 0 Å². The van der Waals surface area contributed by atoms with Crippen molar-refractivity contribution in [3.63, 3.8) is 0 Å². The Bertz CT molecular complexity index is 381. The minimum atomic E-state index is -1.14. The van der Waals surface area contributed by atoms with E-state index in [1.165, 1.54) is 11.7 Å². The second kappa shape index (κ2) is 4.59. The Morgan fingerprint density at radius 1 is 1.19 bits per heavy atom. The van der Waals surface area contributed by atoms with E-state index < -0.39 is 7.26 Å². The molecule has 0 aromatic heterocycles. The number of allylic oxidation sites excluding steroid dienone is 2. The van der Waals surface area contributed by atoms with Gasteiger partial charge in [-0.05, 0) is 31.1 Å². The first kappa shape index (κ1) is 11.7. The fourth-order valence-corrected chi connectivity index (χ4v) is 5.09. The summed E-state index contributed by atoms with van der Waals surface area (Å²) in [6, 6.07) is 10.8. The van der Waals surface area contributed by atoms with Gasteiger partial charge in [0.05, 0.1) is 30.1 Å². The molecule has 1 N–H and O–H groups in total. The van der Waals surface area contributed by atoms with Crippen LogP contribution in [0.2, 0.25) is 0 Å². The molecule has 1 aliphatic rings. The number of hydrogen-bond donors (Lipinski definition) is 1. The molecule has 1 aliphatic carbocycles. The maximum Gasteiger partial charge on any atom is 0.0953 e. The molecular formula is C14H20OP+. The summed E-state index contributed by atoms with van der Waals surface area (Å²) in [6.07, 6.45) is 5.32. The molecule has 0 saturated heterocycles. The van der Waals surface area contributed by atoms with E-state index in [2.05, 4.69) is 49.7 Å². The van der Waals surface area contributed by atoms with Gasteiger partial charge in [0.1, 0.15) is 0 Å². The van der Waals surface area contributed by atoms with Crippen molar-refractivity contribution in [3.8, 4) is 0 Å². The first-order valence-corrected chi connectivity index (χ1v) is 8.65. The summed E-state index contributed by atoms with van der Waals surface area (Å²) in [7, 11) is -1.14. The Kier molecular flexibility index (Phi) is 3.35. The molecule has 1 atom stereocenters. The minimum absolute atomic E-state index is 0.559. The van der Waals surface area contributed by atoms with Crippen LogP contribution in [0.1, 0.15) is 19.3 Å². The molecule has 16 heavy (non-hydrogen) atoms. The van der Waals surface area contributed by atoms with Crippen LogP contribution in [0.3, 0.4) is 0 Å². The third-order valence-corrected chi connectivity index (χ3v) is 7.26. The monoisotopic (exact) mass is 235 g/mol. The second-order valence-electron chi connectivity index (χ2n) is 4.99. The van der Waals surface area contributed by atoms with Crippen LogP contribution < -0.4 is 5.30 Å². The highest BCUT2D eigenvalue weighted by Crippen LogP contribution is 2.58. The summed E-state index contributed by atoms with van der Waals surface area (Å²) in [5.74, 6) is 0.597. The molecule has 1 aromatic rings. The van der Waals surface area contributed by atoms with Crippen molar-refractivity contribution < 1.29 is 5.11 Å². The average Bonchev–Trinajstić information content (AvgIpc) is 2.30. The van der Waals surface area contributed by atoms with Crippen molar-refractivity contribution in [3.05, 3.63) is 42.2 Å². The molecular weight excluding hydrogens is 215 g/mol. The zero-order valence-electron chi connectivity index (χ0n) is 10.1. The first-order chi connectivity index (χ1) is 7.60. The lowest BCUT2D eigenvalue weighted by atomic mass is 10.1. The number of rotatable bonds is 2. The van der Waals surface area contributed by atoms with Crippen molar-refractivity contribution >= 4 is 12.6 Å². The maximum absolute atomic E-state index is 9.67. The molecule has 1 unspecified atom stereocenters. The predicted molar refractivity (Wildman–Crippen MR) is 73.2 cm³/mol. The molecule has 0 heterocycles. The summed E-state index contributed by atoms with van der Waals surface area (Å²) < 4.78 is 0. The largest absolute Gasteiger partial charge is 0.513 e. The summed E-state index contributed by atoms with van der Waals surface area (Å²) in [5, 5.41) is 11.1. The molecule has 0 fully saturated rings. The van der Waals surface area contributed by atoms with Crippen molar-refractivity contribution in [2.24, 2.45) is 0 Å².